The summed E-state index contributed by atoms with van der Waals surface area (Å²) in [5.74, 6) is -1.23. The summed E-state index contributed by atoms with van der Waals surface area (Å²) in [6.45, 7) is 3.73. The summed E-state index contributed by atoms with van der Waals surface area (Å²) in [7, 11) is 0. The topological polar surface area (TPSA) is 75.6 Å². The number of carbonyl (C=O) groups is 2. The van der Waals surface area contributed by atoms with Crippen molar-refractivity contribution in [3.8, 4) is 5.75 Å². The fraction of sp³-hybridized carbons (Fsp3) is 0.250. The standard InChI is InChI=1S/C16H17NO4/c1-3-17-15(19)10(2)21-16(20)13-9-8-11-6-4-5-7-12(11)14(13)18/h4-10,18H,3H2,1-2H3,(H,17,19)/t10-/m0/s1. The van der Waals surface area contributed by atoms with Crippen LogP contribution in [0.15, 0.2) is 36.4 Å². The van der Waals surface area contributed by atoms with Gasteiger partial charge in [0.2, 0.25) is 0 Å². The number of benzene rings is 2. The zero-order valence-electron chi connectivity index (χ0n) is 11.9. The molecule has 0 aliphatic heterocycles. The average Bonchev–Trinajstić information content (AvgIpc) is 2.48. The fourth-order valence-electron chi connectivity index (χ4n) is 2.02. The number of amides is 1. The number of phenols is 1. The van der Waals surface area contributed by atoms with Gasteiger partial charge in [0.05, 0.1) is 0 Å². The van der Waals surface area contributed by atoms with E-state index >= 15 is 0 Å². The van der Waals surface area contributed by atoms with Crippen LogP contribution >= 0.6 is 0 Å². The third-order valence-corrected chi connectivity index (χ3v) is 3.12. The Bertz CT molecular complexity index is 681. The highest BCUT2D eigenvalue weighted by molar-refractivity contribution is 6.01. The first-order chi connectivity index (χ1) is 10.0. The van der Waals surface area contributed by atoms with Crippen molar-refractivity contribution in [1.82, 2.24) is 5.32 Å². The third-order valence-electron chi connectivity index (χ3n) is 3.12. The summed E-state index contributed by atoms with van der Waals surface area (Å²) in [4.78, 5) is 23.6. The van der Waals surface area contributed by atoms with Crippen LogP contribution < -0.4 is 5.32 Å². The highest BCUT2D eigenvalue weighted by Crippen LogP contribution is 2.29. The van der Waals surface area contributed by atoms with Crippen molar-refractivity contribution in [2.24, 2.45) is 0 Å². The molecule has 110 valence electrons. The van der Waals surface area contributed by atoms with Crippen LogP contribution in [0.25, 0.3) is 10.8 Å². The number of phenolic OH excluding ortho intramolecular Hbond substituents is 1. The Morgan fingerprint density at radius 3 is 2.67 bits per heavy atom. The van der Waals surface area contributed by atoms with E-state index in [9.17, 15) is 14.7 Å². The molecule has 0 aliphatic rings. The first-order valence-electron chi connectivity index (χ1n) is 6.74. The maximum Gasteiger partial charge on any atom is 0.342 e. The van der Waals surface area contributed by atoms with Gasteiger partial charge in [-0.2, -0.15) is 0 Å². The monoisotopic (exact) mass is 287 g/mol. The first kappa shape index (κ1) is 14.8. The van der Waals surface area contributed by atoms with E-state index in [2.05, 4.69) is 5.32 Å². The molecule has 2 rings (SSSR count). The zero-order chi connectivity index (χ0) is 15.4. The molecule has 0 aromatic heterocycles. The highest BCUT2D eigenvalue weighted by atomic mass is 16.5. The fourth-order valence-corrected chi connectivity index (χ4v) is 2.02. The molecule has 2 aromatic carbocycles. The van der Waals surface area contributed by atoms with Gasteiger partial charge in [-0.25, -0.2) is 4.79 Å². The summed E-state index contributed by atoms with van der Waals surface area (Å²) >= 11 is 0. The molecule has 2 N–H and O–H groups in total. The number of rotatable bonds is 4. The molecule has 0 saturated carbocycles. The van der Waals surface area contributed by atoms with E-state index in [4.69, 9.17) is 4.74 Å². The normalized spacial score (nSPS) is 11.9. The highest BCUT2D eigenvalue weighted by Gasteiger charge is 2.21. The minimum absolute atomic E-state index is 0.0462. The molecule has 1 atom stereocenters. The van der Waals surface area contributed by atoms with Crippen molar-refractivity contribution in [1.29, 1.82) is 0 Å². The van der Waals surface area contributed by atoms with Gasteiger partial charge in [-0.1, -0.05) is 30.3 Å². The van der Waals surface area contributed by atoms with Crippen molar-refractivity contribution in [2.45, 2.75) is 20.0 Å². The van der Waals surface area contributed by atoms with Crippen LogP contribution in [0.2, 0.25) is 0 Å². The molecule has 0 spiro atoms. The molecule has 5 heteroatoms. The lowest BCUT2D eigenvalue weighted by Gasteiger charge is -2.13. The van der Waals surface area contributed by atoms with Gasteiger partial charge in [-0.3, -0.25) is 4.79 Å². The summed E-state index contributed by atoms with van der Waals surface area (Å²) in [5.41, 5.74) is 0.0462. The van der Waals surface area contributed by atoms with Gasteiger partial charge in [0.1, 0.15) is 11.3 Å². The molecule has 21 heavy (non-hydrogen) atoms. The molecule has 2 aromatic rings. The van der Waals surface area contributed by atoms with Crippen molar-refractivity contribution >= 4 is 22.6 Å². The summed E-state index contributed by atoms with van der Waals surface area (Å²) in [6, 6.07) is 10.4. The lowest BCUT2D eigenvalue weighted by Crippen LogP contribution is -2.35. The predicted molar refractivity (Wildman–Crippen MR) is 79.2 cm³/mol. The molecule has 0 bridgehead atoms. The Morgan fingerprint density at radius 2 is 1.95 bits per heavy atom. The Hall–Kier alpha value is -2.56. The third kappa shape index (κ3) is 3.13. The van der Waals surface area contributed by atoms with E-state index in [-0.39, 0.29) is 17.2 Å². The second-order valence-electron chi connectivity index (χ2n) is 4.62. The van der Waals surface area contributed by atoms with Crippen LogP contribution in [0.5, 0.6) is 5.75 Å². The van der Waals surface area contributed by atoms with E-state index in [0.29, 0.717) is 11.9 Å². The molecule has 0 radical (unpaired) electrons. The number of ether oxygens (including phenoxy) is 1. The van der Waals surface area contributed by atoms with Crippen LogP contribution in [-0.4, -0.2) is 29.6 Å². The number of likely N-dealkylation sites (N-methyl/N-ethyl adjacent to an activating group) is 1. The Kier molecular flexibility index (Phi) is 4.42. The maximum absolute atomic E-state index is 12.1. The molecule has 0 saturated heterocycles. The number of aromatic hydroxyl groups is 1. The number of carbonyl (C=O) groups excluding carboxylic acids is 2. The van der Waals surface area contributed by atoms with Crippen molar-refractivity contribution < 1.29 is 19.4 Å². The van der Waals surface area contributed by atoms with Gasteiger partial charge in [0.25, 0.3) is 5.91 Å². The number of hydrogen-bond acceptors (Lipinski definition) is 4. The molecule has 0 unspecified atom stereocenters. The Labute approximate surface area is 122 Å². The van der Waals surface area contributed by atoms with Gasteiger partial charge in [0, 0.05) is 11.9 Å². The summed E-state index contributed by atoms with van der Waals surface area (Å²) in [5, 5.41) is 14.1. The van der Waals surface area contributed by atoms with E-state index in [0.717, 1.165) is 5.39 Å². The van der Waals surface area contributed by atoms with Crippen molar-refractivity contribution in [3.05, 3.63) is 42.0 Å². The van der Waals surface area contributed by atoms with Gasteiger partial charge in [0.15, 0.2) is 6.10 Å². The van der Waals surface area contributed by atoms with Crippen molar-refractivity contribution in [3.63, 3.8) is 0 Å². The lowest BCUT2D eigenvalue weighted by molar-refractivity contribution is -0.128. The quantitative estimate of drug-likeness (QED) is 0.845. The summed E-state index contributed by atoms with van der Waals surface area (Å²) in [6.07, 6.45) is -0.914. The van der Waals surface area contributed by atoms with E-state index < -0.39 is 12.1 Å². The molecule has 5 nitrogen and oxygen atoms in total. The van der Waals surface area contributed by atoms with Crippen LogP contribution in [0.3, 0.4) is 0 Å². The molecule has 0 aliphatic carbocycles. The minimum atomic E-state index is -0.914. The average molecular weight is 287 g/mol. The van der Waals surface area contributed by atoms with E-state index in [1.165, 1.54) is 13.0 Å². The second kappa shape index (κ2) is 6.26. The van der Waals surface area contributed by atoms with Gasteiger partial charge in [-0.15, -0.1) is 0 Å². The van der Waals surface area contributed by atoms with Gasteiger partial charge in [-0.05, 0) is 25.3 Å². The Morgan fingerprint density at radius 1 is 1.24 bits per heavy atom. The number of fused-ring (bicyclic) bond motifs is 1. The lowest BCUT2D eigenvalue weighted by atomic mass is 10.1. The van der Waals surface area contributed by atoms with Crippen LogP contribution in [0.4, 0.5) is 0 Å². The first-order valence-corrected chi connectivity index (χ1v) is 6.74. The van der Waals surface area contributed by atoms with Gasteiger partial charge >= 0.3 is 5.97 Å². The SMILES string of the molecule is CCNC(=O)[C@H](C)OC(=O)c1ccc2ccccc2c1O. The largest absolute Gasteiger partial charge is 0.506 e. The number of esters is 1. The second-order valence-corrected chi connectivity index (χ2v) is 4.62. The van der Waals surface area contributed by atoms with Crippen LogP contribution in [0, 0.1) is 0 Å². The van der Waals surface area contributed by atoms with Crippen LogP contribution in [0.1, 0.15) is 24.2 Å². The molecular weight excluding hydrogens is 270 g/mol. The maximum atomic E-state index is 12.1. The molecule has 0 heterocycles. The molecule has 1 amide bonds. The van der Waals surface area contributed by atoms with Crippen molar-refractivity contribution in [2.75, 3.05) is 6.54 Å². The van der Waals surface area contributed by atoms with Gasteiger partial charge < -0.3 is 15.2 Å². The smallest absolute Gasteiger partial charge is 0.342 e. The Balaban J connectivity index is 2.24. The predicted octanol–water partition coefficient (Wildman–Crippen LogP) is 2.23. The van der Waals surface area contributed by atoms with E-state index in [1.807, 2.05) is 12.1 Å². The molecular formula is C16H17NO4. The van der Waals surface area contributed by atoms with E-state index in [1.54, 1.807) is 25.1 Å². The summed E-state index contributed by atoms with van der Waals surface area (Å²) < 4.78 is 5.07. The number of hydrogen-bond donors (Lipinski definition) is 2. The molecule has 0 fully saturated rings. The number of nitrogens with one attached hydrogen (secondary N) is 1. The van der Waals surface area contributed by atoms with Crippen LogP contribution in [-0.2, 0) is 9.53 Å². The minimum Gasteiger partial charge on any atom is -0.506 e. The zero-order valence-corrected chi connectivity index (χ0v) is 11.9.